The normalized spacial score (nSPS) is 17.4. The lowest BCUT2D eigenvalue weighted by Gasteiger charge is -2.44. The molecule has 1 aromatic heterocycles. The van der Waals surface area contributed by atoms with Gasteiger partial charge >= 0.3 is 0 Å². The SMILES string of the molecule is Cc1c(F)cc(NC(=O)c2c(C)c(C(=O)C(=O)CC3(C(N)=O)CC(F)(F)C3)c3n2CCC3)cc1F. The zero-order valence-corrected chi connectivity index (χ0v) is 19.1. The molecule has 1 aliphatic carbocycles. The molecule has 1 fully saturated rings. The van der Waals surface area contributed by atoms with Crippen LogP contribution in [-0.4, -0.2) is 33.9 Å². The second-order valence-electron chi connectivity index (χ2n) is 9.35. The first kappa shape index (κ1) is 24.6. The maximum absolute atomic E-state index is 13.9. The number of hydrogen-bond acceptors (Lipinski definition) is 4. The third-order valence-electron chi connectivity index (χ3n) is 6.86. The van der Waals surface area contributed by atoms with Crippen molar-refractivity contribution in [1.82, 2.24) is 4.57 Å². The van der Waals surface area contributed by atoms with Crippen LogP contribution < -0.4 is 11.1 Å². The number of carbonyl (C=O) groups excluding carboxylic acids is 4. The van der Waals surface area contributed by atoms with Crippen molar-refractivity contribution in [2.24, 2.45) is 11.1 Å². The highest BCUT2D eigenvalue weighted by molar-refractivity contribution is 6.45. The highest BCUT2D eigenvalue weighted by Gasteiger charge is 2.61. The predicted molar refractivity (Wildman–Crippen MR) is 116 cm³/mol. The fraction of sp³-hybridized carbons (Fsp3) is 0.417. The van der Waals surface area contributed by atoms with Crippen LogP contribution in [0.3, 0.4) is 0 Å². The van der Waals surface area contributed by atoms with E-state index in [9.17, 15) is 36.7 Å². The van der Waals surface area contributed by atoms with Crippen molar-refractivity contribution in [1.29, 1.82) is 0 Å². The number of alkyl halides is 2. The first-order valence-electron chi connectivity index (χ1n) is 11.0. The highest BCUT2D eigenvalue weighted by Crippen LogP contribution is 2.54. The van der Waals surface area contributed by atoms with Crippen molar-refractivity contribution in [2.45, 2.75) is 58.4 Å². The average molecular weight is 493 g/mol. The van der Waals surface area contributed by atoms with Gasteiger partial charge in [0.1, 0.15) is 17.3 Å². The number of fused-ring (bicyclic) bond motifs is 1. The average Bonchev–Trinajstić information content (AvgIpc) is 3.29. The van der Waals surface area contributed by atoms with Crippen molar-refractivity contribution in [2.75, 3.05) is 5.32 Å². The number of benzene rings is 1. The molecule has 11 heteroatoms. The maximum Gasteiger partial charge on any atom is 0.272 e. The summed E-state index contributed by atoms with van der Waals surface area (Å²) in [6.45, 7) is 3.08. The Hall–Kier alpha value is -3.50. The topological polar surface area (TPSA) is 111 Å². The summed E-state index contributed by atoms with van der Waals surface area (Å²) in [6, 6.07) is 1.93. The van der Waals surface area contributed by atoms with Crippen LogP contribution in [0.5, 0.6) is 0 Å². The molecule has 0 saturated heterocycles. The van der Waals surface area contributed by atoms with E-state index in [-0.39, 0.29) is 28.1 Å². The van der Waals surface area contributed by atoms with Crippen LogP contribution in [0.25, 0.3) is 0 Å². The minimum atomic E-state index is -3.13. The quantitative estimate of drug-likeness (QED) is 0.349. The molecule has 186 valence electrons. The van der Waals surface area contributed by atoms with Gasteiger partial charge in [0.2, 0.25) is 23.4 Å². The van der Waals surface area contributed by atoms with Crippen LogP contribution in [0.1, 0.15) is 63.4 Å². The van der Waals surface area contributed by atoms with Gasteiger partial charge in [-0.2, -0.15) is 0 Å². The summed E-state index contributed by atoms with van der Waals surface area (Å²) in [7, 11) is 0. The number of halogens is 4. The minimum Gasteiger partial charge on any atom is -0.369 e. The fourth-order valence-corrected chi connectivity index (χ4v) is 5.07. The molecule has 4 rings (SSSR count). The van der Waals surface area contributed by atoms with E-state index in [0.29, 0.717) is 25.1 Å². The lowest BCUT2D eigenvalue weighted by atomic mass is 9.62. The number of nitrogens with zero attached hydrogens (tertiary/aromatic N) is 1. The number of hydrogen-bond donors (Lipinski definition) is 2. The smallest absolute Gasteiger partial charge is 0.272 e. The van der Waals surface area contributed by atoms with Crippen molar-refractivity contribution < 1.29 is 36.7 Å². The Morgan fingerprint density at radius 3 is 2.20 bits per heavy atom. The predicted octanol–water partition coefficient (Wildman–Crippen LogP) is 3.62. The Kier molecular flexibility index (Phi) is 5.85. The van der Waals surface area contributed by atoms with Crippen LogP contribution in [0, 0.1) is 30.9 Å². The second-order valence-corrected chi connectivity index (χ2v) is 9.35. The number of amides is 2. The first-order chi connectivity index (χ1) is 16.3. The van der Waals surface area contributed by atoms with Gasteiger partial charge < -0.3 is 15.6 Å². The molecule has 35 heavy (non-hydrogen) atoms. The molecule has 0 spiro atoms. The van der Waals surface area contributed by atoms with Gasteiger partial charge in [-0.1, -0.05) is 0 Å². The van der Waals surface area contributed by atoms with Crippen molar-refractivity contribution in [3.8, 4) is 0 Å². The lowest BCUT2D eigenvalue weighted by Crippen LogP contribution is -2.55. The number of anilines is 1. The van der Waals surface area contributed by atoms with Gasteiger partial charge in [-0.3, -0.25) is 19.2 Å². The summed E-state index contributed by atoms with van der Waals surface area (Å²) < 4.78 is 56.3. The molecular formula is C24H23F4N3O4. The fourth-order valence-electron chi connectivity index (χ4n) is 5.07. The largest absolute Gasteiger partial charge is 0.369 e. The van der Waals surface area contributed by atoms with Crippen LogP contribution >= 0.6 is 0 Å². The summed E-state index contributed by atoms with van der Waals surface area (Å²) in [5.74, 6) is -8.65. The molecule has 1 aromatic carbocycles. The summed E-state index contributed by atoms with van der Waals surface area (Å²) in [5, 5.41) is 2.42. The Morgan fingerprint density at radius 1 is 1.06 bits per heavy atom. The van der Waals surface area contributed by atoms with E-state index in [1.165, 1.54) is 13.8 Å². The lowest BCUT2D eigenvalue weighted by molar-refractivity contribution is -0.179. The molecule has 0 radical (unpaired) electrons. The molecule has 2 aromatic rings. The van der Waals surface area contributed by atoms with Crippen LogP contribution in [-0.2, 0) is 22.6 Å². The first-order valence-corrected chi connectivity index (χ1v) is 11.0. The van der Waals surface area contributed by atoms with Crippen molar-refractivity contribution in [3.05, 3.63) is 51.8 Å². The summed E-state index contributed by atoms with van der Waals surface area (Å²) >= 11 is 0. The molecule has 7 nitrogen and oxygen atoms in total. The van der Waals surface area contributed by atoms with E-state index in [2.05, 4.69) is 5.32 Å². The van der Waals surface area contributed by atoms with E-state index in [1.807, 2.05) is 0 Å². The van der Waals surface area contributed by atoms with Gasteiger partial charge in [-0.25, -0.2) is 17.6 Å². The van der Waals surface area contributed by atoms with E-state index in [1.54, 1.807) is 4.57 Å². The zero-order valence-electron chi connectivity index (χ0n) is 19.1. The molecule has 0 bridgehead atoms. The van der Waals surface area contributed by atoms with E-state index < -0.39 is 65.6 Å². The van der Waals surface area contributed by atoms with Gasteiger partial charge in [0.15, 0.2) is 0 Å². The number of ketones is 2. The highest BCUT2D eigenvalue weighted by atomic mass is 19.3. The number of Topliss-reactive ketones (excluding diaryl/α,β-unsaturated/α-hetero) is 2. The Labute approximate surface area is 197 Å². The van der Waals surface area contributed by atoms with E-state index >= 15 is 0 Å². The van der Waals surface area contributed by atoms with Gasteiger partial charge in [-0.15, -0.1) is 0 Å². The number of aromatic nitrogens is 1. The minimum absolute atomic E-state index is 0.0235. The van der Waals surface area contributed by atoms with Gasteiger partial charge in [0.05, 0.1) is 11.0 Å². The van der Waals surface area contributed by atoms with Crippen LogP contribution in [0.2, 0.25) is 0 Å². The molecule has 1 aliphatic heterocycles. The van der Waals surface area contributed by atoms with Crippen LogP contribution in [0.4, 0.5) is 23.2 Å². The van der Waals surface area contributed by atoms with Gasteiger partial charge in [-0.05, 0) is 44.4 Å². The van der Waals surface area contributed by atoms with Crippen molar-refractivity contribution in [3.63, 3.8) is 0 Å². The summed E-state index contributed by atoms with van der Waals surface area (Å²) in [6.07, 6.45) is -1.59. The number of carbonyl (C=O) groups is 4. The third kappa shape index (κ3) is 4.12. The van der Waals surface area contributed by atoms with Crippen molar-refractivity contribution >= 4 is 29.1 Å². The molecule has 2 heterocycles. The monoisotopic (exact) mass is 493 g/mol. The Morgan fingerprint density at radius 2 is 1.66 bits per heavy atom. The molecule has 2 amide bonds. The third-order valence-corrected chi connectivity index (χ3v) is 6.86. The Bertz CT molecular complexity index is 1270. The van der Waals surface area contributed by atoms with Gasteiger partial charge in [0, 0.05) is 42.8 Å². The van der Waals surface area contributed by atoms with Gasteiger partial charge in [0.25, 0.3) is 5.91 Å². The Balaban J connectivity index is 1.63. The summed E-state index contributed by atoms with van der Waals surface area (Å²) in [5.41, 5.74) is 3.79. The summed E-state index contributed by atoms with van der Waals surface area (Å²) in [4.78, 5) is 50.7. The molecular weight excluding hydrogens is 470 g/mol. The zero-order chi connectivity index (χ0) is 25.9. The number of nitrogens with two attached hydrogens (primary N) is 1. The van der Waals surface area contributed by atoms with Crippen LogP contribution in [0.15, 0.2) is 12.1 Å². The number of primary amides is 1. The molecule has 1 saturated carbocycles. The second kappa shape index (κ2) is 8.31. The standard InChI is InChI=1S/C24H23F4N3O4/c1-11-14(25)6-13(7-15(11)26)30-21(34)19-12(2)18(16-4-3-5-31(16)19)20(33)17(32)8-23(22(29)35)9-24(27,28)10-23/h6-7H,3-5,8-10H2,1-2H3,(H2,29,35)(H,30,34). The molecule has 3 N–H and O–H groups in total. The molecule has 2 aliphatic rings. The molecule has 0 atom stereocenters. The van der Waals surface area contributed by atoms with E-state index in [0.717, 1.165) is 12.1 Å². The number of rotatable bonds is 7. The maximum atomic E-state index is 13.9. The molecule has 0 unspecified atom stereocenters. The number of nitrogens with one attached hydrogen (secondary N) is 1. The van der Waals surface area contributed by atoms with E-state index in [4.69, 9.17) is 5.73 Å².